The molecule has 4 heteroatoms. The molecule has 4 aromatic rings. The molecule has 0 bridgehead atoms. The molecular formula is C27H24O4. The fourth-order valence-electron chi connectivity index (χ4n) is 3.65. The Kier molecular flexibility index (Phi) is 6.08. The van der Waals surface area contributed by atoms with Crippen LogP contribution in [0.2, 0.25) is 0 Å². The van der Waals surface area contributed by atoms with Gasteiger partial charge in [0.15, 0.2) is 11.5 Å². The molecule has 0 atom stereocenters. The van der Waals surface area contributed by atoms with Crippen LogP contribution < -0.4 is 18.9 Å². The highest BCUT2D eigenvalue weighted by molar-refractivity contribution is 5.93. The Morgan fingerprint density at radius 3 is 1.77 bits per heavy atom. The summed E-state index contributed by atoms with van der Waals surface area (Å²) in [5.74, 6) is 3.25. The summed E-state index contributed by atoms with van der Waals surface area (Å²) in [6.07, 6.45) is 0. The van der Waals surface area contributed by atoms with E-state index in [4.69, 9.17) is 18.9 Å². The van der Waals surface area contributed by atoms with Gasteiger partial charge in [-0.2, -0.15) is 0 Å². The van der Waals surface area contributed by atoms with Crippen molar-refractivity contribution in [1.82, 2.24) is 0 Å². The average Bonchev–Trinajstić information content (AvgIpc) is 2.84. The third kappa shape index (κ3) is 4.05. The van der Waals surface area contributed by atoms with E-state index in [0.29, 0.717) is 17.2 Å². The van der Waals surface area contributed by atoms with Gasteiger partial charge < -0.3 is 18.9 Å². The number of benzene rings is 4. The molecule has 0 spiro atoms. The first kappa shape index (κ1) is 20.4. The lowest BCUT2D eigenvalue weighted by molar-refractivity contribution is 0.325. The molecule has 4 rings (SSSR count). The van der Waals surface area contributed by atoms with Crippen LogP contribution in [0.5, 0.6) is 28.7 Å². The van der Waals surface area contributed by atoms with Gasteiger partial charge in [0.05, 0.1) is 21.3 Å². The zero-order valence-electron chi connectivity index (χ0n) is 17.8. The van der Waals surface area contributed by atoms with Gasteiger partial charge in [0.2, 0.25) is 5.75 Å². The highest BCUT2D eigenvalue weighted by atomic mass is 16.5. The van der Waals surface area contributed by atoms with Crippen molar-refractivity contribution < 1.29 is 18.9 Å². The second-order valence-electron chi connectivity index (χ2n) is 6.85. The van der Waals surface area contributed by atoms with E-state index in [-0.39, 0.29) is 0 Å². The molecule has 0 saturated carbocycles. The van der Waals surface area contributed by atoms with E-state index in [9.17, 15) is 0 Å². The Labute approximate surface area is 182 Å². The van der Waals surface area contributed by atoms with Gasteiger partial charge in [0, 0.05) is 16.7 Å². The molecule has 0 heterocycles. The topological polar surface area (TPSA) is 36.9 Å². The van der Waals surface area contributed by atoms with E-state index in [1.807, 2.05) is 91.0 Å². The van der Waals surface area contributed by atoms with Crippen molar-refractivity contribution in [2.45, 2.75) is 0 Å². The van der Waals surface area contributed by atoms with Crippen LogP contribution in [0.4, 0.5) is 0 Å². The minimum Gasteiger partial charge on any atom is -0.493 e. The van der Waals surface area contributed by atoms with Crippen LogP contribution in [0.15, 0.2) is 91.0 Å². The molecule has 4 nitrogen and oxygen atoms in total. The molecule has 0 aliphatic rings. The van der Waals surface area contributed by atoms with Crippen molar-refractivity contribution in [3.63, 3.8) is 0 Å². The number of methoxy groups -OCH3 is 3. The summed E-state index contributed by atoms with van der Waals surface area (Å²) in [5, 5.41) is 0. The van der Waals surface area contributed by atoms with Crippen molar-refractivity contribution in [3.8, 4) is 51.0 Å². The average molecular weight is 412 g/mol. The van der Waals surface area contributed by atoms with Gasteiger partial charge in [0.1, 0.15) is 11.5 Å². The molecule has 4 aromatic carbocycles. The molecule has 0 aromatic heterocycles. The van der Waals surface area contributed by atoms with Crippen LogP contribution in [0.1, 0.15) is 0 Å². The van der Waals surface area contributed by atoms with Crippen molar-refractivity contribution in [2.75, 3.05) is 21.3 Å². The first-order chi connectivity index (χ1) is 15.3. The standard InChI is InChI=1S/C27H24O4/c1-28-24-18-22(21-16-10-11-17-23(21)31-20-14-8-5-9-15-20)25(19-12-6-4-7-13-19)27(30-3)26(24)29-2/h4-18H,1-3H3. The number of ether oxygens (including phenoxy) is 4. The summed E-state index contributed by atoms with van der Waals surface area (Å²) in [6.45, 7) is 0. The third-order valence-electron chi connectivity index (χ3n) is 5.04. The quantitative estimate of drug-likeness (QED) is 0.333. The summed E-state index contributed by atoms with van der Waals surface area (Å²) < 4.78 is 23.4. The molecule has 0 saturated heterocycles. The first-order valence-electron chi connectivity index (χ1n) is 9.97. The maximum Gasteiger partial charge on any atom is 0.203 e. The molecule has 0 fully saturated rings. The van der Waals surface area contributed by atoms with Crippen LogP contribution in [0.3, 0.4) is 0 Å². The lowest BCUT2D eigenvalue weighted by atomic mass is 9.92. The number of rotatable bonds is 7. The smallest absolute Gasteiger partial charge is 0.203 e. The Bertz CT molecular complexity index is 1150. The SMILES string of the molecule is COc1cc(-c2ccccc2Oc2ccccc2)c(-c2ccccc2)c(OC)c1OC. The number of para-hydroxylation sites is 2. The molecular weight excluding hydrogens is 388 g/mol. The molecule has 31 heavy (non-hydrogen) atoms. The summed E-state index contributed by atoms with van der Waals surface area (Å²) >= 11 is 0. The van der Waals surface area contributed by atoms with Crippen LogP contribution in [-0.2, 0) is 0 Å². The predicted octanol–water partition coefficient (Wildman–Crippen LogP) is 6.84. The predicted molar refractivity (Wildman–Crippen MR) is 123 cm³/mol. The Morgan fingerprint density at radius 1 is 0.516 bits per heavy atom. The van der Waals surface area contributed by atoms with Gasteiger partial charge in [-0.15, -0.1) is 0 Å². The molecule has 0 aliphatic heterocycles. The van der Waals surface area contributed by atoms with Gasteiger partial charge in [0.25, 0.3) is 0 Å². The van der Waals surface area contributed by atoms with Crippen LogP contribution in [0.25, 0.3) is 22.3 Å². The van der Waals surface area contributed by atoms with Crippen molar-refractivity contribution in [2.24, 2.45) is 0 Å². The van der Waals surface area contributed by atoms with Gasteiger partial charge in [-0.05, 0) is 29.8 Å². The molecule has 0 N–H and O–H groups in total. The van der Waals surface area contributed by atoms with Gasteiger partial charge in [-0.25, -0.2) is 0 Å². The maximum atomic E-state index is 6.25. The molecule has 0 amide bonds. The van der Waals surface area contributed by atoms with E-state index in [1.54, 1.807) is 21.3 Å². The van der Waals surface area contributed by atoms with Gasteiger partial charge >= 0.3 is 0 Å². The van der Waals surface area contributed by atoms with Crippen molar-refractivity contribution in [1.29, 1.82) is 0 Å². The summed E-state index contributed by atoms with van der Waals surface area (Å²) in [5.41, 5.74) is 3.76. The lowest BCUT2D eigenvalue weighted by Gasteiger charge is -2.21. The zero-order valence-corrected chi connectivity index (χ0v) is 17.8. The molecule has 156 valence electrons. The second-order valence-corrected chi connectivity index (χ2v) is 6.85. The normalized spacial score (nSPS) is 10.4. The highest BCUT2D eigenvalue weighted by Crippen LogP contribution is 2.51. The van der Waals surface area contributed by atoms with E-state index in [2.05, 4.69) is 0 Å². The molecule has 0 aliphatic carbocycles. The molecule has 0 unspecified atom stereocenters. The van der Waals surface area contributed by atoms with Crippen molar-refractivity contribution >= 4 is 0 Å². The Balaban J connectivity index is 1.99. The highest BCUT2D eigenvalue weighted by Gasteiger charge is 2.24. The van der Waals surface area contributed by atoms with E-state index >= 15 is 0 Å². The third-order valence-corrected chi connectivity index (χ3v) is 5.04. The zero-order chi connectivity index (χ0) is 21.6. The Hall–Kier alpha value is -3.92. The van der Waals surface area contributed by atoms with Crippen LogP contribution in [0, 0.1) is 0 Å². The Morgan fingerprint density at radius 2 is 1.13 bits per heavy atom. The summed E-state index contributed by atoms with van der Waals surface area (Å²) in [6, 6.07) is 29.7. The van der Waals surface area contributed by atoms with Crippen LogP contribution >= 0.6 is 0 Å². The fourth-order valence-corrected chi connectivity index (χ4v) is 3.65. The fraction of sp³-hybridized carbons (Fsp3) is 0.111. The minimum absolute atomic E-state index is 0.550. The van der Waals surface area contributed by atoms with Gasteiger partial charge in [-0.3, -0.25) is 0 Å². The monoisotopic (exact) mass is 412 g/mol. The first-order valence-corrected chi connectivity index (χ1v) is 9.97. The lowest BCUT2D eigenvalue weighted by Crippen LogP contribution is -2.00. The maximum absolute atomic E-state index is 6.25. The number of hydrogen-bond donors (Lipinski definition) is 0. The summed E-state index contributed by atoms with van der Waals surface area (Å²) in [7, 11) is 4.87. The largest absolute Gasteiger partial charge is 0.493 e. The van der Waals surface area contributed by atoms with Crippen LogP contribution in [-0.4, -0.2) is 21.3 Å². The van der Waals surface area contributed by atoms with E-state index in [0.717, 1.165) is 33.8 Å². The van der Waals surface area contributed by atoms with Gasteiger partial charge in [-0.1, -0.05) is 66.7 Å². The van der Waals surface area contributed by atoms with Crippen molar-refractivity contribution in [3.05, 3.63) is 91.0 Å². The minimum atomic E-state index is 0.550. The number of hydrogen-bond acceptors (Lipinski definition) is 4. The van der Waals surface area contributed by atoms with E-state index < -0.39 is 0 Å². The van der Waals surface area contributed by atoms with E-state index in [1.165, 1.54) is 0 Å². The second kappa shape index (κ2) is 9.26. The molecule has 0 radical (unpaired) electrons. The summed E-state index contributed by atoms with van der Waals surface area (Å²) in [4.78, 5) is 0.